The number of amides is 1. The highest BCUT2D eigenvalue weighted by Gasteiger charge is 2.24. The Morgan fingerprint density at radius 2 is 2.44 bits per heavy atom. The molecule has 2 rings (SSSR count). The Kier molecular flexibility index (Phi) is 4.38. The van der Waals surface area contributed by atoms with Gasteiger partial charge in [-0.3, -0.25) is 4.79 Å². The van der Waals surface area contributed by atoms with Crippen molar-refractivity contribution < 1.29 is 14.6 Å². The largest absolute Gasteiger partial charge is 0.391 e. The maximum atomic E-state index is 12.3. The van der Waals surface area contributed by atoms with Crippen LogP contribution in [0.4, 0.5) is 0 Å². The van der Waals surface area contributed by atoms with Gasteiger partial charge in [0.2, 0.25) is 0 Å². The lowest BCUT2D eigenvalue weighted by Crippen LogP contribution is -2.42. The van der Waals surface area contributed by atoms with E-state index in [0.717, 1.165) is 19.4 Å². The van der Waals surface area contributed by atoms with E-state index in [9.17, 15) is 9.90 Å². The highest BCUT2D eigenvalue weighted by atomic mass is 16.5. The molecule has 1 atom stereocenters. The van der Waals surface area contributed by atoms with Crippen molar-refractivity contribution in [1.82, 2.24) is 9.47 Å². The lowest BCUT2D eigenvalue weighted by molar-refractivity contribution is 0.0463. The predicted molar refractivity (Wildman–Crippen MR) is 67.5 cm³/mol. The van der Waals surface area contributed by atoms with Gasteiger partial charge in [-0.25, -0.2) is 0 Å². The second-order valence-electron chi connectivity index (χ2n) is 4.63. The molecule has 1 N–H and O–H groups in total. The van der Waals surface area contributed by atoms with Crippen LogP contribution in [0.25, 0.3) is 0 Å². The van der Waals surface area contributed by atoms with Gasteiger partial charge in [-0.1, -0.05) is 0 Å². The second-order valence-corrected chi connectivity index (χ2v) is 4.63. The normalized spacial score (nSPS) is 20.1. The molecule has 5 nitrogen and oxygen atoms in total. The molecule has 0 bridgehead atoms. The van der Waals surface area contributed by atoms with Crippen LogP contribution in [0, 0.1) is 0 Å². The second kappa shape index (κ2) is 6.02. The molecule has 0 radical (unpaired) electrons. The van der Waals surface area contributed by atoms with Gasteiger partial charge in [-0.05, 0) is 25.0 Å². The van der Waals surface area contributed by atoms with E-state index in [4.69, 9.17) is 4.74 Å². The zero-order chi connectivity index (χ0) is 13.0. The molecule has 5 heteroatoms. The maximum Gasteiger partial charge on any atom is 0.270 e. The van der Waals surface area contributed by atoms with Crippen LogP contribution in [0.15, 0.2) is 18.3 Å². The Morgan fingerprint density at radius 1 is 1.61 bits per heavy atom. The van der Waals surface area contributed by atoms with Crippen LogP contribution in [0.2, 0.25) is 0 Å². The van der Waals surface area contributed by atoms with E-state index in [2.05, 4.69) is 0 Å². The molecule has 0 unspecified atom stereocenters. The summed E-state index contributed by atoms with van der Waals surface area (Å²) in [5.74, 6) is -0.00477. The quantitative estimate of drug-likeness (QED) is 0.859. The molecule has 0 aliphatic carbocycles. The van der Waals surface area contributed by atoms with Crippen LogP contribution in [-0.2, 0) is 11.3 Å². The van der Waals surface area contributed by atoms with Crippen molar-refractivity contribution in [3.8, 4) is 0 Å². The van der Waals surface area contributed by atoms with Gasteiger partial charge in [0.25, 0.3) is 5.91 Å². The predicted octanol–water partition coefficient (Wildman–Crippen LogP) is 0.731. The molecule has 1 saturated heterocycles. The summed E-state index contributed by atoms with van der Waals surface area (Å²) in [5, 5.41) is 9.62. The van der Waals surface area contributed by atoms with E-state index in [1.165, 1.54) is 0 Å². The standard InChI is InChI=1S/C13H20N2O3/c1-18-9-8-14-6-3-5-12(14)13(17)15-7-2-4-11(16)10-15/h3,5-6,11,16H,2,4,7-10H2,1H3/t11-/m0/s1. The van der Waals surface area contributed by atoms with Crippen molar-refractivity contribution in [2.75, 3.05) is 26.8 Å². The first-order valence-corrected chi connectivity index (χ1v) is 6.34. The maximum absolute atomic E-state index is 12.3. The van der Waals surface area contributed by atoms with Crippen molar-refractivity contribution >= 4 is 5.91 Å². The van der Waals surface area contributed by atoms with Crippen LogP contribution in [-0.4, -0.2) is 53.4 Å². The molecule has 1 aliphatic rings. The molecule has 1 fully saturated rings. The number of hydrogen-bond donors (Lipinski definition) is 1. The number of aliphatic hydroxyl groups excluding tert-OH is 1. The third-order valence-corrected chi connectivity index (χ3v) is 3.27. The van der Waals surface area contributed by atoms with E-state index in [1.807, 2.05) is 22.9 Å². The van der Waals surface area contributed by atoms with Gasteiger partial charge in [0.1, 0.15) is 5.69 Å². The number of ether oxygens (including phenoxy) is 1. The summed E-state index contributed by atoms with van der Waals surface area (Å²) < 4.78 is 6.92. The number of aromatic nitrogens is 1. The summed E-state index contributed by atoms with van der Waals surface area (Å²) in [6, 6.07) is 3.68. The molecule has 1 amide bonds. The zero-order valence-electron chi connectivity index (χ0n) is 10.7. The molecular formula is C13H20N2O3. The molecule has 1 aliphatic heterocycles. The summed E-state index contributed by atoms with van der Waals surface area (Å²) in [6.45, 7) is 2.41. The molecule has 1 aromatic heterocycles. The van der Waals surface area contributed by atoms with Crippen molar-refractivity contribution in [2.24, 2.45) is 0 Å². The Balaban J connectivity index is 2.05. The third kappa shape index (κ3) is 2.91. The molecule has 0 aromatic carbocycles. The summed E-state index contributed by atoms with van der Waals surface area (Å²) in [4.78, 5) is 14.1. The molecule has 18 heavy (non-hydrogen) atoms. The summed E-state index contributed by atoms with van der Waals surface area (Å²) in [5.41, 5.74) is 0.668. The van der Waals surface area contributed by atoms with Gasteiger partial charge in [0, 0.05) is 32.9 Å². The SMILES string of the molecule is COCCn1cccc1C(=O)N1CCC[C@H](O)C1. The molecular weight excluding hydrogens is 232 g/mol. The molecule has 0 saturated carbocycles. The number of carbonyl (C=O) groups excluding carboxylic acids is 1. The Morgan fingerprint density at radius 3 is 3.17 bits per heavy atom. The number of β-amino-alcohol motifs (C(OH)–C–C–N with tert-alkyl or cyclic N) is 1. The topological polar surface area (TPSA) is 54.7 Å². The summed E-state index contributed by atoms with van der Waals surface area (Å²) >= 11 is 0. The van der Waals surface area contributed by atoms with E-state index in [0.29, 0.717) is 25.4 Å². The Bertz CT molecular complexity index is 403. The van der Waals surface area contributed by atoms with Gasteiger partial charge in [-0.15, -0.1) is 0 Å². The van der Waals surface area contributed by atoms with Crippen LogP contribution in [0.1, 0.15) is 23.3 Å². The van der Waals surface area contributed by atoms with Crippen LogP contribution in [0.3, 0.4) is 0 Å². The number of hydrogen-bond acceptors (Lipinski definition) is 3. The minimum atomic E-state index is -0.384. The fraction of sp³-hybridized carbons (Fsp3) is 0.615. The van der Waals surface area contributed by atoms with E-state index in [1.54, 1.807) is 12.0 Å². The molecule has 0 spiro atoms. The van der Waals surface area contributed by atoms with Gasteiger partial charge in [0.15, 0.2) is 0 Å². The average Bonchev–Trinajstić information content (AvgIpc) is 2.83. The summed E-state index contributed by atoms with van der Waals surface area (Å²) in [6.07, 6.45) is 3.15. The molecule has 1 aromatic rings. The van der Waals surface area contributed by atoms with Gasteiger partial charge in [0.05, 0.1) is 12.7 Å². The number of piperidine rings is 1. The average molecular weight is 252 g/mol. The van der Waals surface area contributed by atoms with Crippen LogP contribution < -0.4 is 0 Å². The monoisotopic (exact) mass is 252 g/mol. The Hall–Kier alpha value is -1.33. The molecule has 100 valence electrons. The first-order chi connectivity index (χ1) is 8.72. The van der Waals surface area contributed by atoms with Gasteiger partial charge >= 0.3 is 0 Å². The lowest BCUT2D eigenvalue weighted by atomic mass is 10.1. The number of aliphatic hydroxyl groups is 1. The lowest BCUT2D eigenvalue weighted by Gasteiger charge is -2.30. The minimum Gasteiger partial charge on any atom is -0.391 e. The number of nitrogens with zero attached hydrogens (tertiary/aromatic N) is 2. The van der Waals surface area contributed by atoms with Crippen molar-refractivity contribution in [2.45, 2.75) is 25.5 Å². The molecule has 2 heterocycles. The highest BCUT2D eigenvalue weighted by molar-refractivity contribution is 5.92. The minimum absolute atomic E-state index is 0.00477. The number of methoxy groups -OCH3 is 1. The van der Waals surface area contributed by atoms with Gasteiger partial charge < -0.3 is 19.3 Å². The highest BCUT2D eigenvalue weighted by Crippen LogP contribution is 2.14. The fourth-order valence-corrected chi connectivity index (χ4v) is 2.29. The fourth-order valence-electron chi connectivity index (χ4n) is 2.29. The number of likely N-dealkylation sites (tertiary alicyclic amines) is 1. The van der Waals surface area contributed by atoms with E-state index >= 15 is 0 Å². The summed E-state index contributed by atoms with van der Waals surface area (Å²) in [7, 11) is 1.64. The first-order valence-electron chi connectivity index (χ1n) is 6.34. The number of carbonyl (C=O) groups is 1. The van der Waals surface area contributed by atoms with Gasteiger partial charge in [-0.2, -0.15) is 0 Å². The van der Waals surface area contributed by atoms with Crippen molar-refractivity contribution in [1.29, 1.82) is 0 Å². The first kappa shape index (κ1) is 13.1. The smallest absolute Gasteiger partial charge is 0.270 e. The Labute approximate surface area is 107 Å². The van der Waals surface area contributed by atoms with Crippen LogP contribution in [0.5, 0.6) is 0 Å². The third-order valence-electron chi connectivity index (χ3n) is 3.27. The van der Waals surface area contributed by atoms with Crippen molar-refractivity contribution in [3.63, 3.8) is 0 Å². The number of rotatable bonds is 4. The zero-order valence-corrected chi connectivity index (χ0v) is 10.7. The van der Waals surface area contributed by atoms with E-state index in [-0.39, 0.29) is 12.0 Å². The van der Waals surface area contributed by atoms with E-state index < -0.39 is 0 Å². The van der Waals surface area contributed by atoms with Crippen molar-refractivity contribution in [3.05, 3.63) is 24.0 Å². The van der Waals surface area contributed by atoms with Crippen LogP contribution >= 0.6 is 0 Å².